The molecule has 0 spiro atoms. The minimum atomic E-state index is 0. The summed E-state index contributed by atoms with van der Waals surface area (Å²) in [5.41, 5.74) is 0.988. The van der Waals surface area contributed by atoms with Gasteiger partial charge in [0.1, 0.15) is 0 Å². The lowest BCUT2D eigenvalue weighted by atomic mass is 10.2. The van der Waals surface area contributed by atoms with Gasteiger partial charge in [-0.25, -0.2) is 0 Å². The maximum absolute atomic E-state index is 12.2. The zero-order valence-electron chi connectivity index (χ0n) is 15.7. The van der Waals surface area contributed by atoms with E-state index >= 15 is 0 Å². The molecule has 0 atom stereocenters. The summed E-state index contributed by atoms with van der Waals surface area (Å²) >= 11 is 1.79. The summed E-state index contributed by atoms with van der Waals surface area (Å²) < 4.78 is 0.112. The summed E-state index contributed by atoms with van der Waals surface area (Å²) in [6, 6.07) is 5.81. The van der Waals surface area contributed by atoms with E-state index in [2.05, 4.69) is 40.7 Å². The van der Waals surface area contributed by atoms with Crippen LogP contribution in [0, 0.1) is 0 Å². The Balaban J connectivity index is 0.00000576. The highest BCUT2D eigenvalue weighted by molar-refractivity contribution is 14.0. The van der Waals surface area contributed by atoms with Crippen LogP contribution in [0.25, 0.3) is 0 Å². The number of thioether (sulfide) groups is 1. The van der Waals surface area contributed by atoms with E-state index in [1.54, 1.807) is 37.0 Å². The summed E-state index contributed by atoms with van der Waals surface area (Å²) in [5.74, 6) is 0.668. The highest BCUT2D eigenvalue weighted by Gasteiger charge is 2.16. The number of aliphatic imine (C=N–C) groups is 1. The highest BCUT2D eigenvalue weighted by atomic mass is 127. The van der Waals surface area contributed by atoms with Crippen LogP contribution in [0.2, 0.25) is 0 Å². The first kappa shape index (κ1) is 24.0. The maximum Gasteiger partial charge on any atom is 0.241 e. The van der Waals surface area contributed by atoms with Crippen LogP contribution in [0.4, 0.5) is 0 Å². The SMILES string of the molecule is CN=C(NCC(=O)N(C)CCc1ccccn1)NCC(C)(C)SC.I. The van der Waals surface area contributed by atoms with Gasteiger partial charge in [-0.3, -0.25) is 14.8 Å². The van der Waals surface area contributed by atoms with Gasteiger partial charge in [-0.15, -0.1) is 24.0 Å². The number of likely N-dealkylation sites (N-methyl/N-ethyl adjacent to an activating group) is 1. The molecule has 0 unspecified atom stereocenters. The first-order chi connectivity index (χ1) is 11.4. The molecule has 142 valence electrons. The van der Waals surface area contributed by atoms with Gasteiger partial charge in [-0.05, 0) is 32.2 Å². The molecule has 6 nitrogen and oxygen atoms in total. The molecule has 0 saturated carbocycles. The molecular formula is C17H30IN5OS. The number of guanidine groups is 1. The van der Waals surface area contributed by atoms with Crippen molar-refractivity contribution in [3.8, 4) is 0 Å². The van der Waals surface area contributed by atoms with E-state index in [4.69, 9.17) is 0 Å². The molecule has 1 rings (SSSR count). The van der Waals surface area contributed by atoms with Crippen LogP contribution in [0.3, 0.4) is 0 Å². The molecule has 1 heterocycles. The number of pyridine rings is 1. The molecule has 8 heteroatoms. The molecule has 1 aromatic rings. The van der Waals surface area contributed by atoms with Crippen molar-refractivity contribution in [2.24, 2.45) is 4.99 Å². The van der Waals surface area contributed by atoms with Gasteiger partial charge in [0, 0.05) is 50.2 Å². The third-order valence-corrected chi connectivity index (χ3v) is 4.97. The number of nitrogens with one attached hydrogen (secondary N) is 2. The number of hydrogen-bond acceptors (Lipinski definition) is 4. The molecule has 25 heavy (non-hydrogen) atoms. The zero-order chi connectivity index (χ0) is 18.0. The van der Waals surface area contributed by atoms with E-state index < -0.39 is 0 Å². The average Bonchev–Trinajstić information content (AvgIpc) is 2.60. The smallest absolute Gasteiger partial charge is 0.241 e. The van der Waals surface area contributed by atoms with Crippen molar-refractivity contribution in [1.82, 2.24) is 20.5 Å². The molecule has 0 saturated heterocycles. The second-order valence-corrected chi connectivity index (χ2v) is 7.64. The number of carbonyl (C=O) groups excluding carboxylic acids is 1. The van der Waals surface area contributed by atoms with Crippen LogP contribution >= 0.6 is 35.7 Å². The van der Waals surface area contributed by atoms with E-state index in [1.165, 1.54) is 0 Å². The highest BCUT2D eigenvalue weighted by Crippen LogP contribution is 2.19. The van der Waals surface area contributed by atoms with Gasteiger partial charge in [-0.1, -0.05) is 6.07 Å². The molecule has 1 amide bonds. The molecule has 0 bridgehead atoms. The monoisotopic (exact) mass is 479 g/mol. The van der Waals surface area contributed by atoms with E-state index in [0.717, 1.165) is 18.7 Å². The van der Waals surface area contributed by atoms with E-state index in [-0.39, 0.29) is 41.2 Å². The van der Waals surface area contributed by atoms with Gasteiger partial charge in [0.25, 0.3) is 0 Å². The normalized spacial score (nSPS) is 11.5. The average molecular weight is 479 g/mol. The minimum Gasteiger partial charge on any atom is -0.355 e. The first-order valence-corrected chi connectivity index (χ1v) is 9.24. The molecule has 0 aliphatic carbocycles. The van der Waals surface area contributed by atoms with E-state index in [0.29, 0.717) is 12.5 Å². The lowest BCUT2D eigenvalue weighted by molar-refractivity contribution is -0.128. The predicted molar refractivity (Wildman–Crippen MR) is 118 cm³/mol. The Kier molecular flexibility index (Phi) is 11.8. The number of aromatic nitrogens is 1. The summed E-state index contributed by atoms with van der Waals surface area (Å²) in [6.07, 6.45) is 4.60. The second-order valence-electron chi connectivity index (χ2n) is 6.13. The number of nitrogens with zero attached hydrogens (tertiary/aromatic N) is 3. The van der Waals surface area contributed by atoms with Crippen LogP contribution in [0.15, 0.2) is 29.4 Å². The van der Waals surface area contributed by atoms with Crippen LogP contribution in [-0.2, 0) is 11.2 Å². The Morgan fingerprint density at radius 2 is 2.08 bits per heavy atom. The van der Waals surface area contributed by atoms with Gasteiger partial charge in [-0.2, -0.15) is 11.8 Å². The number of amides is 1. The lowest BCUT2D eigenvalue weighted by Gasteiger charge is -2.24. The molecule has 0 fully saturated rings. The number of hydrogen-bond donors (Lipinski definition) is 2. The standard InChI is InChI=1S/C17H29N5OS.HI/c1-17(2,24-5)13-21-16(18-3)20-12-15(23)22(4)11-9-14-8-6-7-10-19-14;/h6-8,10H,9,11-13H2,1-5H3,(H2,18,20,21);1H. The van der Waals surface area contributed by atoms with Crippen molar-refractivity contribution < 1.29 is 4.79 Å². The van der Waals surface area contributed by atoms with Crippen LogP contribution in [-0.4, -0.2) is 66.5 Å². The number of halogens is 1. The number of rotatable bonds is 8. The Labute approximate surface area is 172 Å². The third-order valence-electron chi connectivity index (χ3n) is 3.72. The Morgan fingerprint density at radius 1 is 1.36 bits per heavy atom. The van der Waals surface area contributed by atoms with Crippen molar-refractivity contribution in [1.29, 1.82) is 0 Å². The number of carbonyl (C=O) groups is 1. The Hall–Kier alpha value is -1.03. The third kappa shape index (κ3) is 9.88. The molecule has 0 radical (unpaired) electrons. The Bertz CT molecular complexity index is 539. The summed E-state index contributed by atoms with van der Waals surface area (Å²) in [4.78, 5) is 22.3. The molecule has 2 N–H and O–H groups in total. The van der Waals surface area contributed by atoms with Crippen LogP contribution in [0.1, 0.15) is 19.5 Å². The lowest BCUT2D eigenvalue weighted by Crippen LogP contribution is -2.47. The predicted octanol–water partition coefficient (Wildman–Crippen LogP) is 2.01. The fourth-order valence-corrected chi connectivity index (χ4v) is 2.05. The molecule has 0 aromatic carbocycles. The fourth-order valence-electron chi connectivity index (χ4n) is 1.84. The largest absolute Gasteiger partial charge is 0.355 e. The Morgan fingerprint density at radius 3 is 2.64 bits per heavy atom. The van der Waals surface area contributed by atoms with Crippen molar-refractivity contribution in [3.63, 3.8) is 0 Å². The minimum absolute atomic E-state index is 0. The van der Waals surface area contributed by atoms with Gasteiger partial charge >= 0.3 is 0 Å². The molecule has 0 aliphatic rings. The van der Waals surface area contributed by atoms with Crippen molar-refractivity contribution >= 4 is 47.6 Å². The summed E-state index contributed by atoms with van der Waals surface area (Å²) in [6.45, 7) is 5.96. The molecule has 0 aliphatic heterocycles. The van der Waals surface area contributed by atoms with Crippen LogP contribution in [0.5, 0.6) is 0 Å². The second kappa shape index (κ2) is 12.3. The van der Waals surface area contributed by atoms with Gasteiger partial charge in [0.05, 0.1) is 6.54 Å². The summed E-state index contributed by atoms with van der Waals surface area (Å²) in [5, 5.41) is 6.32. The quantitative estimate of drug-likeness (QED) is 0.339. The molecule has 1 aromatic heterocycles. The van der Waals surface area contributed by atoms with Crippen molar-refractivity contribution in [2.45, 2.75) is 25.0 Å². The van der Waals surface area contributed by atoms with E-state index in [1.807, 2.05) is 18.2 Å². The topological polar surface area (TPSA) is 69.6 Å². The maximum atomic E-state index is 12.2. The van der Waals surface area contributed by atoms with Crippen molar-refractivity contribution in [3.05, 3.63) is 30.1 Å². The van der Waals surface area contributed by atoms with Crippen LogP contribution < -0.4 is 10.6 Å². The molecular weight excluding hydrogens is 449 g/mol. The first-order valence-electron chi connectivity index (χ1n) is 8.01. The van der Waals surface area contributed by atoms with Gasteiger partial charge in [0.15, 0.2) is 5.96 Å². The summed E-state index contributed by atoms with van der Waals surface area (Å²) in [7, 11) is 3.51. The van der Waals surface area contributed by atoms with Gasteiger partial charge in [0.2, 0.25) is 5.91 Å². The zero-order valence-corrected chi connectivity index (χ0v) is 18.9. The van der Waals surface area contributed by atoms with Crippen molar-refractivity contribution in [2.75, 3.05) is 40.0 Å². The fraction of sp³-hybridized carbons (Fsp3) is 0.588. The van der Waals surface area contributed by atoms with Gasteiger partial charge < -0.3 is 15.5 Å². The van der Waals surface area contributed by atoms with E-state index in [9.17, 15) is 4.79 Å².